The summed E-state index contributed by atoms with van der Waals surface area (Å²) in [5.74, 6) is 2.09. The zero-order chi connectivity index (χ0) is 61.7. The summed E-state index contributed by atoms with van der Waals surface area (Å²) >= 11 is 1.53. The smallest absolute Gasteiger partial charge is 0.257 e. The SMILES string of the molecule is CC=C1C[C@H]2C=Nc3cc(OCc4cc(OCCN5CCN(C(=O)CCC(C)(C)SCC(=O)NCCOCCOCCOCCOCCC(=O)NC)CC5)cc(COc5cc6c(cc5OC)C(=O)N5CC(=CC)C[C@@H]5C=N6)n4)c(OC)cc3C(=O)N2C1. The number of benzene rings is 2. The van der Waals surface area contributed by atoms with E-state index in [0.29, 0.717) is 194 Å². The van der Waals surface area contributed by atoms with Crippen LogP contribution < -0.4 is 34.3 Å². The van der Waals surface area contributed by atoms with Crippen molar-refractivity contribution in [3.63, 3.8) is 0 Å². The van der Waals surface area contributed by atoms with Crippen LogP contribution in [0.2, 0.25) is 0 Å². The van der Waals surface area contributed by atoms with Crippen molar-refractivity contribution in [1.82, 2.24) is 35.2 Å². The standard InChI is InChI=1S/C63H85N9O14S/c1-8-43-28-47-36-66-52-34-56(54(78-6)32-50(52)61(76)71(47)38-43)85-40-45-30-49(31-46(68-45)41-86-57-35-53-51(33-55(57)79-7)62(77)72-39-44(9-2)29-48(72)37-67-53)84-21-18-69-14-16-70(17-15-69)60(75)10-12-63(3,4)87-42-59(74)65-13-20-81-23-25-83-27-26-82-24-22-80-19-11-58(73)64-5/h8-9,30-37,47-48H,10-29,38-42H2,1-7H3,(H,64,73)(H,65,74)/t47-,48+. The van der Waals surface area contributed by atoms with Gasteiger partial charge in [-0.3, -0.25) is 43.8 Å². The van der Waals surface area contributed by atoms with E-state index in [1.165, 1.54) is 37.1 Å². The number of ether oxygens (including phenoxy) is 9. The summed E-state index contributed by atoms with van der Waals surface area (Å²) in [5.41, 5.74) is 5.32. The van der Waals surface area contributed by atoms with E-state index in [0.717, 1.165) is 12.8 Å². The van der Waals surface area contributed by atoms with Gasteiger partial charge in [0.15, 0.2) is 23.0 Å². The fraction of sp³-hybridized carbons (Fsp3) is 0.556. The van der Waals surface area contributed by atoms with Gasteiger partial charge in [-0.15, -0.1) is 11.8 Å². The number of carbonyl (C=O) groups is 5. The molecule has 87 heavy (non-hydrogen) atoms. The van der Waals surface area contributed by atoms with Gasteiger partial charge in [0.1, 0.15) is 25.6 Å². The summed E-state index contributed by atoms with van der Waals surface area (Å²) in [7, 11) is 4.66. The predicted octanol–water partition coefficient (Wildman–Crippen LogP) is 6.14. The van der Waals surface area contributed by atoms with E-state index in [1.807, 2.05) is 53.1 Å². The van der Waals surface area contributed by atoms with E-state index >= 15 is 0 Å². The van der Waals surface area contributed by atoms with Crippen molar-refractivity contribution in [2.45, 2.75) is 89.8 Å². The number of carbonyl (C=O) groups excluding carboxylic acids is 5. The molecule has 5 aliphatic heterocycles. The van der Waals surface area contributed by atoms with E-state index in [1.54, 1.807) is 31.3 Å². The molecule has 0 bridgehead atoms. The van der Waals surface area contributed by atoms with Gasteiger partial charge < -0.3 is 68.0 Å². The number of hydrogen-bond donors (Lipinski definition) is 2. The highest BCUT2D eigenvalue weighted by Crippen LogP contribution is 2.41. The number of nitrogens with one attached hydrogen (secondary N) is 2. The lowest BCUT2D eigenvalue weighted by Gasteiger charge is -2.35. The van der Waals surface area contributed by atoms with Crippen LogP contribution in [0.1, 0.15) is 91.9 Å². The van der Waals surface area contributed by atoms with Crippen molar-refractivity contribution in [2.75, 3.05) is 139 Å². The first kappa shape index (κ1) is 65.9. The lowest BCUT2D eigenvalue weighted by molar-refractivity contribution is -0.133. The van der Waals surface area contributed by atoms with Crippen LogP contribution in [-0.4, -0.2) is 222 Å². The molecule has 2 aromatic carbocycles. The number of nitrogens with zero attached hydrogens (tertiary/aromatic N) is 7. The molecule has 6 heterocycles. The van der Waals surface area contributed by atoms with Crippen LogP contribution in [0.25, 0.3) is 0 Å². The summed E-state index contributed by atoms with van der Waals surface area (Å²) in [6.45, 7) is 16.4. The van der Waals surface area contributed by atoms with Crippen LogP contribution in [0.4, 0.5) is 11.4 Å². The molecule has 0 aliphatic carbocycles. The molecule has 5 amide bonds. The van der Waals surface area contributed by atoms with Gasteiger partial charge in [0.2, 0.25) is 17.7 Å². The van der Waals surface area contributed by atoms with Gasteiger partial charge in [0.25, 0.3) is 11.8 Å². The lowest BCUT2D eigenvalue weighted by atomic mass is 10.1. The topological polar surface area (TPSA) is 243 Å². The molecule has 0 spiro atoms. The second kappa shape index (κ2) is 32.8. The summed E-state index contributed by atoms with van der Waals surface area (Å²) in [5, 5.41) is 5.45. The number of aromatic nitrogens is 1. The van der Waals surface area contributed by atoms with Gasteiger partial charge in [-0.05, 0) is 45.2 Å². The quantitative estimate of drug-likeness (QED) is 0.0514. The minimum Gasteiger partial charge on any atom is -0.493 e. The van der Waals surface area contributed by atoms with Crippen molar-refractivity contribution in [3.8, 4) is 28.7 Å². The Morgan fingerprint density at radius 2 is 1.16 bits per heavy atom. The Hall–Kier alpha value is -7.09. The zero-order valence-corrected chi connectivity index (χ0v) is 52.2. The van der Waals surface area contributed by atoms with E-state index in [2.05, 4.69) is 41.5 Å². The number of piperazine rings is 1. The van der Waals surface area contributed by atoms with E-state index in [4.69, 9.17) is 57.6 Å². The molecule has 24 heteroatoms. The van der Waals surface area contributed by atoms with Crippen LogP contribution >= 0.6 is 11.8 Å². The Bertz CT molecular complexity index is 2860. The van der Waals surface area contributed by atoms with Crippen LogP contribution in [0.3, 0.4) is 0 Å². The molecule has 1 aromatic heterocycles. The molecule has 2 atom stereocenters. The Morgan fingerprint density at radius 3 is 1.67 bits per heavy atom. The van der Waals surface area contributed by atoms with Crippen molar-refractivity contribution < 1.29 is 66.6 Å². The average Bonchev–Trinajstić information content (AvgIpc) is 1.99. The van der Waals surface area contributed by atoms with Crippen molar-refractivity contribution >= 4 is 65.1 Å². The number of pyridine rings is 1. The zero-order valence-electron chi connectivity index (χ0n) is 51.4. The van der Waals surface area contributed by atoms with Gasteiger partial charge in [-0.25, -0.2) is 0 Å². The maximum absolute atomic E-state index is 13.8. The van der Waals surface area contributed by atoms with Crippen molar-refractivity contribution in [1.29, 1.82) is 0 Å². The molecule has 0 unspecified atom stereocenters. The second-order valence-electron chi connectivity index (χ2n) is 22.1. The van der Waals surface area contributed by atoms with Gasteiger partial charge >= 0.3 is 0 Å². The largest absolute Gasteiger partial charge is 0.493 e. The van der Waals surface area contributed by atoms with E-state index in [9.17, 15) is 24.0 Å². The van der Waals surface area contributed by atoms with Gasteiger partial charge in [-0.2, -0.15) is 0 Å². The molecule has 2 N–H and O–H groups in total. The molecule has 8 rings (SSSR count). The highest BCUT2D eigenvalue weighted by atomic mass is 32.2. The number of thioether (sulfide) groups is 1. The number of allylic oxidation sites excluding steroid dienone is 2. The third kappa shape index (κ3) is 19.0. The fourth-order valence-corrected chi connectivity index (χ4v) is 11.3. The van der Waals surface area contributed by atoms with E-state index in [-0.39, 0.29) is 65.3 Å². The Balaban J connectivity index is 0.793. The van der Waals surface area contributed by atoms with Crippen LogP contribution in [0, 0.1) is 0 Å². The maximum Gasteiger partial charge on any atom is 0.257 e. The number of methoxy groups -OCH3 is 2. The molecule has 23 nitrogen and oxygen atoms in total. The number of hydrogen-bond acceptors (Lipinski definition) is 19. The van der Waals surface area contributed by atoms with Crippen LogP contribution in [-0.2, 0) is 46.5 Å². The van der Waals surface area contributed by atoms with Gasteiger partial charge in [0, 0.05) is 114 Å². The van der Waals surface area contributed by atoms with Gasteiger partial charge in [-0.1, -0.05) is 37.1 Å². The highest BCUT2D eigenvalue weighted by molar-refractivity contribution is 8.01. The number of amides is 5. The molecular weight excluding hydrogens is 1140 g/mol. The molecule has 0 radical (unpaired) electrons. The molecule has 3 saturated heterocycles. The number of aliphatic imine (C=N–C) groups is 2. The maximum atomic E-state index is 13.8. The molecule has 472 valence electrons. The minimum absolute atomic E-state index is 0.0131. The second-order valence-corrected chi connectivity index (χ2v) is 23.8. The molecule has 5 aliphatic rings. The Morgan fingerprint density at radius 1 is 0.644 bits per heavy atom. The molecular formula is C63H85N9O14S. The van der Waals surface area contributed by atoms with Crippen molar-refractivity contribution in [2.24, 2.45) is 9.98 Å². The Labute approximate surface area is 514 Å². The van der Waals surface area contributed by atoms with Crippen LogP contribution in [0.15, 0.2) is 69.7 Å². The molecule has 0 saturated carbocycles. The lowest BCUT2D eigenvalue weighted by Crippen LogP contribution is -2.49. The fourth-order valence-electron chi connectivity index (χ4n) is 10.5. The third-order valence-electron chi connectivity index (χ3n) is 15.7. The summed E-state index contributed by atoms with van der Waals surface area (Å²) in [6.07, 6.45) is 10.6. The predicted molar refractivity (Wildman–Crippen MR) is 331 cm³/mol. The van der Waals surface area contributed by atoms with Crippen LogP contribution in [0.5, 0.6) is 28.7 Å². The minimum atomic E-state index is -0.284. The monoisotopic (exact) mass is 1220 g/mol. The highest BCUT2D eigenvalue weighted by Gasteiger charge is 2.36. The first-order valence-corrected chi connectivity index (χ1v) is 30.9. The summed E-state index contributed by atoms with van der Waals surface area (Å²) in [6, 6.07) is 10.2. The summed E-state index contributed by atoms with van der Waals surface area (Å²) < 4.78 is 52.4. The van der Waals surface area contributed by atoms with Gasteiger partial charge in [0.05, 0.1) is 119 Å². The average molecular weight is 1220 g/mol. The Kier molecular flexibility index (Phi) is 24.8. The van der Waals surface area contributed by atoms with E-state index < -0.39 is 0 Å². The number of fused-ring (bicyclic) bond motifs is 4. The molecule has 3 aromatic rings. The number of rotatable bonds is 33. The van der Waals surface area contributed by atoms with Crippen molar-refractivity contribution in [3.05, 3.63) is 82.2 Å². The normalized spacial score (nSPS) is 18.3. The molecule has 3 fully saturated rings. The summed E-state index contributed by atoms with van der Waals surface area (Å²) in [4.78, 5) is 87.1. The third-order valence-corrected chi connectivity index (χ3v) is 17.0. The first-order chi connectivity index (χ1) is 42.2. The first-order valence-electron chi connectivity index (χ1n) is 29.9.